The van der Waals surface area contributed by atoms with Crippen LogP contribution in [-0.4, -0.2) is 23.6 Å². The van der Waals surface area contributed by atoms with Crippen molar-refractivity contribution in [2.75, 3.05) is 11.9 Å². The molecule has 126 valence electrons. The highest BCUT2D eigenvalue weighted by atomic mass is 16.5. The molecule has 0 saturated carbocycles. The number of nitrogens with one attached hydrogen (secondary N) is 1. The van der Waals surface area contributed by atoms with Gasteiger partial charge in [0.15, 0.2) is 0 Å². The van der Waals surface area contributed by atoms with E-state index in [0.717, 1.165) is 29.2 Å². The Bertz CT molecular complexity index is 761. The number of anilines is 1. The minimum Gasteiger partial charge on any atom is -0.494 e. The number of hydrogen-bond acceptors (Lipinski definition) is 5. The number of aromatic nitrogens is 1. The second-order valence-corrected chi connectivity index (χ2v) is 5.78. The van der Waals surface area contributed by atoms with Gasteiger partial charge in [0, 0.05) is 36.0 Å². The predicted molar refractivity (Wildman–Crippen MR) is 91.5 cm³/mol. The van der Waals surface area contributed by atoms with Crippen LogP contribution < -0.4 is 20.5 Å². The molecule has 3 rings (SSSR count). The number of carbonyl (C=O) groups excluding carboxylic acids is 1. The van der Waals surface area contributed by atoms with E-state index < -0.39 is 5.91 Å². The van der Waals surface area contributed by atoms with Crippen molar-refractivity contribution in [3.05, 3.63) is 47.3 Å². The zero-order valence-corrected chi connectivity index (χ0v) is 13.8. The Kier molecular flexibility index (Phi) is 4.55. The van der Waals surface area contributed by atoms with E-state index in [1.54, 1.807) is 18.3 Å². The van der Waals surface area contributed by atoms with Crippen molar-refractivity contribution in [2.45, 2.75) is 32.9 Å². The van der Waals surface area contributed by atoms with Crippen molar-refractivity contribution < 1.29 is 14.3 Å². The van der Waals surface area contributed by atoms with Crippen molar-refractivity contribution in [1.82, 2.24) is 4.98 Å². The number of primary amides is 1. The van der Waals surface area contributed by atoms with Gasteiger partial charge in [0.2, 0.25) is 0 Å². The molecule has 3 N–H and O–H groups in total. The molecule has 24 heavy (non-hydrogen) atoms. The summed E-state index contributed by atoms with van der Waals surface area (Å²) in [6, 6.07) is 7.50. The van der Waals surface area contributed by atoms with Gasteiger partial charge in [-0.15, -0.1) is 0 Å². The van der Waals surface area contributed by atoms with Crippen LogP contribution in [0.5, 0.6) is 11.5 Å². The molecular weight excluding hydrogens is 306 g/mol. The van der Waals surface area contributed by atoms with Crippen LogP contribution in [0.2, 0.25) is 0 Å². The summed E-state index contributed by atoms with van der Waals surface area (Å²) in [5.41, 5.74) is 8.45. The van der Waals surface area contributed by atoms with E-state index in [2.05, 4.69) is 23.3 Å². The van der Waals surface area contributed by atoms with E-state index in [-0.39, 0.29) is 11.8 Å². The van der Waals surface area contributed by atoms with E-state index in [1.165, 1.54) is 5.56 Å². The summed E-state index contributed by atoms with van der Waals surface area (Å²) in [6.07, 6.45) is 2.64. The first kappa shape index (κ1) is 16.1. The van der Waals surface area contributed by atoms with Crippen LogP contribution >= 0.6 is 0 Å². The number of carbonyl (C=O) groups is 1. The van der Waals surface area contributed by atoms with Gasteiger partial charge in [-0.05, 0) is 38.1 Å². The molecule has 1 unspecified atom stereocenters. The van der Waals surface area contributed by atoms with Gasteiger partial charge in [0.25, 0.3) is 5.91 Å². The Morgan fingerprint density at radius 3 is 3.04 bits per heavy atom. The molecule has 1 aliphatic heterocycles. The van der Waals surface area contributed by atoms with E-state index in [4.69, 9.17) is 15.2 Å². The third kappa shape index (κ3) is 3.42. The monoisotopic (exact) mass is 327 g/mol. The molecule has 1 amide bonds. The van der Waals surface area contributed by atoms with Gasteiger partial charge in [0.05, 0.1) is 6.61 Å². The fourth-order valence-electron chi connectivity index (χ4n) is 2.78. The maximum atomic E-state index is 11.2. The van der Waals surface area contributed by atoms with Crippen molar-refractivity contribution in [1.29, 1.82) is 0 Å². The summed E-state index contributed by atoms with van der Waals surface area (Å²) >= 11 is 0. The second kappa shape index (κ2) is 6.78. The third-order valence-electron chi connectivity index (χ3n) is 3.87. The minimum absolute atomic E-state index is 0.191. The van der Waals surface area contributed by atoms with E-state index in [1.807, 2.05) is 13.0 Å². The molecule has 1 atom stereocenters. The molecule has 0 fully saturated rings. The quantitative estimate of drug-likeness (QED) is 0.851. The average molecular weight is 327 g/mol. The van der Waals surface area contributed by atoms with Crippen LogP contribution in [0, 0.1) is 0 Å². The van der Waals surface area contributed by atoms with Crippen molar-refractivity contribution >= 4 is 11.6 Å². The Morgan fingerprint density at radius 2 is 2.29 bits per heavy atom. The fraction of sp³-hybridized carbons (Fsp3) is 0.333. The summed E-state index contributed by atoms with van der Waals surface area (Å²) in [4.78, 5) is 15.2. The van der Waals surface area contributed by atoms with Gasteiger partial charge < -0.3 is 20.5 Å². The van der Waals surface area contributed by atoms with Crippen LogP contribution in [0.3, 0.4) is 0 Å². The Hall–Kier alpha value is -2.76. The van der Waals surface area contributed by atoms with Gasteiger partial charge in [-0.2, -0.15) is 0 Å². The Balaban J connectivity index is 1.80. The first-order chi connectivity index (χ1) is 11.6. The molecular formula is C18H21N3O3. The second-order valence-electron chi connectivity index (χ2n) is 5.78. The SMILES string of the molecule is CCOc1cc2c(cc1CNc1ccnc(C(N)=O)c1)OC(C)C2. The summed E-state index contributed by atoms with van der Waals surface area (Å²) in [5, 5.41) is 3.27. The number of nitrogens with two attached hydrogens (primary N) is 1. The number of fused-ring (bicyclic) bond motifs is 1. The zero-order chi connectivity index (χ0) is 17.1. The molecule has 1 aromatic carbocycles. The number of pyridine rings is 1. The zero-order valence-electron chi connectivity index (χ0n) is 13.8. The molecule has 0 radical (unpaired) electrons. The molecule has 0 bridgehead atoms. The Morgan fingerprint density at radius 1 is 1.46 bits per heavy atom. The number of rotatable bonds is 6. The van der Waals surface area contributed by atoms with Gasteiger partial charge in [-0.25, -0.2) is 0 Å². The number of ether oxygens (including phenoxy) is 2. The van der Waals surface area contributed by atoms with Crippen molar-refractivity contribution in [3.8, 4) is 11.5 Å². The number of nitrogens with zero attached hydrogens (tertiary/aromatic N) is 1. The lowest BCUT2D eigenvalue weighted by molar-refractivity contribution is 0.0995. The molecule has 6 nitrogen and oxygen atoms in total. The fourth-order valence-corrected chi connectivity index (χ4v) is 2.78. The van der Waals surface area contributed by atoms with Crippen LogP contribution in [0.15, 0.2) is 30.5 Å². The largest absolute Gasteiger partial charge is 0.494 e. The Labute approximate surface area is 141 Å². The standard InChI is InChI=1S/C18H21N3O3/c1-3-23-16-7-12-6-11(2)24-17(12)8-13(16)10-21-14-4-5-20-15(9-14)18(19)22/h4-5,7-9,11H,3,6,10H2,1-2H3,(H2,19,22)(H,20,21). The predicted octanol–water partition coefficient (Wildman–Crippen LogP) is 2.51. The van der Waals surface area contributed by atoms with Crippen LogP contribution in [0.25, 0.3) is 0 Å². The maximum absolute atomic E-state index is 11.2. The van der Waals surface area contributed by atoms with Crippen LogP contribution in [-0.2, 0) is 13.0 Å². The van der Waals surface area contributed by atoms with Gasteiger partial charge in [0.1, 0.15) is 23.3 Å². The molecule has 0 aliphatic carbocycles. The summed E-state index contributed by atoms with van der Waals surface area (Å²) in [6.45, 7) is 5.16. The lowest BCUT2D eigenvalue weighted by atomic mass is 10.1. The van der Waals surface area contributed by atoms with Gasteiger partial charge in [-0.3, -0.25) is 9.78 Å². The summed E-state index contributed by atoms with van der Waals surface area (Å²) < 4.78 is 11.6. The maximum Gasteiger partial charge on any atom is 0.267 e. The molecule has 6 heteroatoms. The smallest absolute Gasteiger partial charge is 0.267 e. The average Bonchev–Trinajstić information content (AvgIpc) is 2.92. The number of hydrogen-bond donors (Lipinski definition) is 2. The minimum atomic E-state index is -0.548. The summed E-state index contributed by atoms with van der Waals surface area (Å²) in [7, 11) is 0. The third-order valence-corrected chi connectivity index (χ3v) is 3.87. The molecule has 0 spiro atoms. The lowest BCUT2D eigenvalue weighted by Crippen LogP contribution is -2.13. The van der Waals surface area contributed by atoms with Crippen molar-refractivity contribution in [3.63, 3.8) is 0 Å². The lowest BCUT2D eigenvalue weighted by Gasteiger charge is -2.14. The first-order valence-electron chi connectivity index (χ1n) is 8.01. The normalized spacial score (nSPS) is 15.5. The van der Waals surface area contributed by atoms with Crippen LogP contribution in [0.1, 0.15) is 35.5 Å². The summed E-state index contributed by atoms with van der Waals surface area (Å²) in [5.74, 6) is 1.22. The highest BCUT2D eigenvalue weighted by molar-refractivity contribution is 5.91. The van der Waals surface area contributed by atoms with Crippen LogP contribution in [0.4, 0.5) is 5.69 Å². The van der Waals surface area contributed by atoms with E-state index >= 15 is 0 Å². The highest BCUT2D eigenvalue weighted by Crippen LogP contribution is 2.35. The molecule has 2 heterocycles. The molecule has 0 saturated heterocycles. The molecule has 1 aromatic heterocycles. The number of benzene rings is 1. The number of amides is 1. The van der Waals surface area contributed by atoms with Gasteiger partial charge in [-0.1, -0.05) is 0 Å². The highest BCUT2D eigenvalue weighted by Gasteiger charge is 2.21. The molecule has 1 aliphatic rings. The van der Waals surface area contributed by atoms with E-state index in [0.29, 0.717) is 13.2 Å². The molecule has 2 aromatic rings. The van der Waals surface area contributed by atoms with Crippen molar-refractivity contribution in [2.24, 2.45) is 5.73 Å². The topological polar surface area (TPSA) is 86.5 Å². The van der Waals surface area contributed by atoms with Gasteiger partial charge >= 0.3 is 0 Å². The first-order valence-corrected chi connectivity index (χ1v) is 8.01. The van der Waals surface area contributed by atoms with E-state index in [9.17, 15) is 4.79 Å².